The number of hydrogen-bond acceptors (Lipinski definition) is 8. The number of benzene rings is 3. The van der Waals surface area contributed by atoms with Gasteiger partial charge in [-0.25, -0.2) is 13.2 Å². The van der Waals surface area contributed by atoms with Crippen LogP contribution in [0, 0.1) is 5.92 Å². The number of carbonyl (C=O) groups is 2. The highest BCUT2D eigenvalue weighted by molar-refractivity contribution is 7.89. The van der Waals surface area contributed by atoms with Crippen LogP contribution >= 0.6 is 11.3 Å². The molecule has 0 unspecified atom stereocenters. The predicted molar refractivity (Wildman–Crippen MR) is 181 cm³/mol. The van der Waals surface area contributed by atoms with Gasteiger partial charge in [-0.2, -0.15) is 4.31 Å². The second-order valence-corrected chi connectivity index (χ2v) is 14.5. The van der Waals surface area contributed by atoms with Gasteiger partial charge in [-0.05, 0) is 59.9 Å². The largest absolute Gasteiger partial charge is 0.453 e. The highest BCUT2D eigenvalue weighted by Gasteiger charge is 2.35. The minimum Gasteiger partial charge on any atom is -0.453 e. The number of nitrogen functional groups attached to an aromatic ring is 1. The molecule has 2 atom stereocenters. The number of nitrogens with one attached hydrogen (secondary N) is 1. The number of thiophene rings is 1. The number of alkyl carbamates (subject to hydrolysis) is 1. The average Bonchev–Trinajstić information content (AvgIpc) is 3.53. The molecule has 0 spiro atoms. The van der Waals surface area contributed by atoms with Crippen molar-refractivity contribution in [1.82, 2.24) is 9.62 Å². The van der Waals surface area contributed by atoms with Crippen molar-refractivity contribution in [3.63, 3.8) is 0 Å². The van der Waals surface area contributed by atoms with Gasteiger partial charge in [0.2, 0.25) is 10.0 Å². The summed E-state index contributed by atoms with van der Waals surface area (Å²) in [6.07, 6.45) is -0.216. The van der Waals surface area contributed by atoms with Gasteiger partial charge in [-0.15, -0.1) is 11.3 Å². The first-order chi connectivity index (χ1) is 22.0. The lowest BCUT2D eigenvalue weighted by Gasteiger charge is -2.30. The second kappa shape index (κ2) is 16.0. The van der Waals surface area contributed by atoms with E-state index in [2.05, 4.69) is 5.32 Å². The number of carbonyl (C=O) groups excluding carboxylic acids is 2. The molecule has 0 aliphatic carbocycles. The molecular weight excluding hydrogens is 623 g/mol. The van der Waals surface area contributed by atoms with E-state index >= 15 is 0 Å². The van der Waals surface area contributed by atoms with E-state index < -0.39 is 40.7 Å². The molecule has 3 aromatic carbocycles. The van der Waals surface area contributed by atoms with E-state index in [1.807, 2.05) is 80.6 Å². The van der Waals surface area contributed by atoms with Gasteiger partial charge in [0.05, 0.1) is 24.7 Å². The van der Waals surface area contributed by atoms with Crippen LogP contribution < -0.4 is 11.1 Å². The van der Waals surface area contributed by atoms with Crippen LogP contribution in [0.1, 0.15) is 53.1 Å². The van der Waals surface area contributed by atoms with Gasteiger partial charge in [0, 0.05) is 34.3 Å². The lowest BCUT2D eigenvalue weighted by Crippen LogP contribution is -2.45. The average molecular weight is 664 g/mol. The van der Waals surface area contributed by atoms with E-state index in [-0.39, 0.29) is 29.6 Å². The van der Waals surface area contributed by atoms with Crippen molar-refractivity contribution >= 4 is 38.9 Å². The summed E-state index contributed by atoms with van der Waals surface area (Å²) in [5.41, 5.74) is 7.99. The number of ether oxygens (including phenoxy) is 1. The molecule has 0 saturated heterocycles. The quantitative estimate of drug-likeness (QED) is 0.137. The fourth-order valence-corrected chi connectivity index (χ4v) is 8.34. The fourth-order valence-electron chi connectivity index (χ4n) is 5.39. The number of nitrogens with zero attached hydrogens (tertiary/aromatic N) is 1. The topological polar surface area (TPSA) is 139 Å². The summed E-state index contributed by atoms with van der Waals surface area (Å²) in [5.74, 6) is -0.630. The van der Waals surface area contributed by atoms with Crippen LogP contribution in [0.15, 0.2) is 102 Å². The highest BCUT2D eigenvalue weighted by atomic mass is 32.2. The minimum absolute atomic E-state index is 0.00363. The van der Waals surface area contributed by atoms with Crippen LogP contribution in [0.25, 0.3) is 0 Å². The first-order valence-electron chi connectivity index (χ1n) is 15.1. The molecule has 0 radical (unpaired) electrons. The number of aryl methyl sites for hydroxylation is 1. The third kappa shape index (κ3) is 8.61. The molecule has 11 heteroatoms. The van der Waals surface area contributed by atoms with Crippen molar-refractivity contribution in [1.29, 1.82) is 0 Å². The summed E-state index contributed by atoms with van der Waals surface area (Å²) in [6, 6.07) is 27.1. The standard InChI is InChI=1S/C35H41N3O6S2/c1-24(2)22-38(46(42,43)29-18-14-27(36)15-19-29)30(23-39)32-21-17-28(45-32)16-20-31(40)34(37-35(41)44-3)33(25-10-6-4-7-11-25)26-12-8-5-9-13-26/h4-15,17-19,21,24,30,33-34,39H,16,20,22-23,36H2,1-3H3,(H,37,41)/t30-,34-/m1/s1. The summed E-state index contributed by atoms with van der Waals surface area (Å²) in [6.45, 7) is 3.62. The number of aliphatic hydroxyl groups excluding tert-OH is 1. The van der Waals surface area contributed by atoms with Crippen LogP contribution in [-0.2, 0) is 26.0 Å². The first-order valence-corrected chi connectivity index (χ1v) is 17.3. The molecule has 244 valence electrons. The zero-order valence-electron chi connectivity index (χ0n) is 26.2. The van der Waals surface area contributed by atoms with Crippen LogP contribution in [0.4, 0.5) is 10.5 Å². The third-order valence-corrected chi connectivity index (χ3v) is 10.8. The molecule has 0 bridgehead atoms. The third-order valence-electron chi connectivity index (χ3n) is 7.64. The zero-order valence-corrected chi connectivity index (χ0v) is 27.8. The summed E-state index contributed by atoms with van der Waals surface area (Å²) < 4.78 is 33.7. The zero-order chi connectivity index (χ0) is 33.3. The van der Waals surface area contributed by atoms with Gasteiger partial charge in [-0.1, -0.05) is 74.5 Å². The maximum absolute atomic E-state index is 13.9. The molecule has 4 rings (SSSR count). The number of sulfonamides is 1. The van der Waals surface area contributed by atoms with Crippen molar-refractivity contribution in [2.24, 2.45) is 5.92 Å². The Morgan fingerprint density at radius 2 is 1.50 bits per heavy atom. The van der Waals surface area contributed by atoms with Crippen molar-refractivity contribution in [3.8, 4) is 0 Å². The van der Waals surface area contributed by atoms with Gasteiger partial charge >= 0.3 is 6.09 Å². The summed E-state index contributed by atoms with van der Waals surface area (Å²) in [4.78, 5) is 28.0. The normalized spacial score (nSPS) is 13.1. The maximum Gasteiger partial charge on any atom is 0.407 e. The number of ketones is 1. The number of amides is 1. The number of hydrogen-bond donors (Lipinski definition) is 3. The van der Waals surface area contributed by atoms with Crippen molar-refractivity contribution in [2.75, 3.05) is 26.0 Å². The van der Waals surface area contributed by atoms with E-state index in [1.165, 1.54) is 47.0 Å². The molecular formula is C35H41N3O6S2. The van der Waals surface area contributed by atoms with Crippen LogP contribution in [0.3, 0.4) is 0 Å². The monoisotopic (exact) mass is 663 g/mol. The number of methoxy groups -OCH3 is 1. The van der Waals surface area contributed by atoms with E-state index in [1.54, 1.807) is 6.07 Å². The first kappa shape index (κ1) is 34.8. The summed E-state index contributed by atoms with van der Waals surface area (Å²) in [5, 5.41) is 13.3. The van der Waals surface area contributed by atoms with E-state index in [0.29, 0.717) is 17.0 Å². The number of anilines is 1. The second-order valence-electron chi connectivity index (χ2n) is 11.4. The van der Waals surface area contributed by atoms with Gasteiger partial charge in [0.15, 0.2) is 5.78 Å². The van der Waals surface area contributed by atoms with E-state index in [4.69, 9.17) is 10.5 Å². The van der Waals surface area contributed by atoms with Crippen molar-refractivity contribution in [3.05, 3.63) is 118 Å². The minimum atomic E-state index is -3.96. The smallest absolute Gasteiger partial charge is 0.407 e. The Balaban J connectivity index is 1.59. The summed E-state index contributed by atoms with van der Waals surface area (Å²) >= 11 is 1.36. The van der Waals surface area contributed by atoms with E-state index in [9.17, 15) is 23.1 Å². The molecule has 4 N–H and O–H groups in total. The van der Waals surface area contributed by atoms with Crippen LogP contribution in [-0.4, -0.2) is 56.0 Å². The number of aliphatic hydroxyl groups is 1. The SMILES string of the molecule is COC(=O)N[C@H](C(=O)CCc1ccc([C@@H](CO)N(CC(C)C)S(=O)(=O)c2ccc(N)cc2)s1)C(c1ccccc1)c1ccccc1. The van der Waals surface area contributed by atoms with Crippen LogP contribution in [0.2, 0.25) is 0 Å². The molecule has 1 heterocycles. The Labute approximate surface area is 275 Å². The van der Waals surface area contributed by atoms with Crippen molar-refractivity contribution in [2.45, 2.75) is 49.6 Å². The molecule has 1 amide bonds. The molecule has 46 heavy (non-hydrogen) atoms. The Bertz CT molecular complexity index is 1640. The molecule has 0 saturated carbocycles. The maximum atomic E-state index is 13.9. The highest BCUT2D eigenvalue weighted by Crippen LogP contribution is 2.34. The van der Waals surface area contributed by atoms with Gasteiger partial charge in [0.1, 0.15) is 6.04 Å². The lowest BCUT2D eigenvalue weighted by molar-refractivity contribution is -0.121. The molecule has 0 aliphatic rings. The van der Waals surface area contributed by atoms with Crippen molar-refractivity contribution < 1.29 is 27.9 Å². The molecule has 0 aliphatic heterocycles. The summed E-state index contributed by atoms with van der Waals surface area (Å²) in [7, 11) is -2.70. The number of Topliss-reactive ketones (excluding diaryl/α,β-unsaturated/α-hetero) is 1. The Hall–Kier alpha value is -4.03. The van der Waals surface area contributed by atoms with Gasteiger partial charge in [-0.3, -0.25) is 4.79 Å². The molecule has 1 aromatic heterocycles. The Morgan fingerprint density at radius 1 is 0.913 bits per heavy atom. The van der Waals surface area contributed by atoms with Crippen LogP contribution in [0.5, 0.6) is 0 Å². The van der Waals surface area contributed by atoms with E-state index in [0.717, 1.165) is 16.0 Å². The predicted octanol–water partition coefficient (Wildman–Crippen LogP) is 5.77. The fraction of sp³-hybridized carbons (Fsp3) is 0.314. The number of rotatable bonds is 15. The molecule has 9 nitrogen and oxygen atoms in total. The molecule has 0 fully saturated rings. The molecule has 4 aromatic rings. The van der Waals surface area contributed by atoms with Gasteiger partial charge < -0.3 is 20.9 Å². The Kier molecular flexibility index (Phi) is 12.1. The lowest BCUT2D eigenvalue weighted by atomic mass is 9.82. The Morgan fingerprint density at radius 3 is 2.02 bits per heavy atom. The van der Waals surface area contributed by atoms with Gasteiger partial charge in [0.25, 0.3) is 0 Å². The number of nitrogens with two attached hydrogens (primary N) is 1.